The van der Waals surface area contributed by atoms with Crippen molar-refractivity contribution in [1.29, 1.82) is 0 Å². The average Bonchev–Trinajstić information content (AvgIpc) is 2.80. The first kappa shape index (κ1) is 14.3. The molecule has 1 saturated heterocycles. The molecular formula is C15H22FNO2. The highest BCUT2D eigenvalue weighted by atomic mass is 19.1. The third-order valence-electron chi connectivity index (χ3n) is 3.76. The van der Waals surface area contributed by atoms with Gasteiger partial charge in [0.15, 0.2) is 0 Å². The van der Waals surface area contributed by atoms with Gasteiger partial charge in [-0.25, -0.2) is 4.39 Å². The summed E-state index contributed by atoms with van der Waals surface area (Å²) >= 11 is 0. The number of hydrogen-bond donors (Lipinski definition) is 1. The molecule has 1 aliphatic rings. The second-order valence-electron chi connectivity index (χ2n) is 5.74. The minimum Gasteiger partial charge on any atom is -0.492 e. The van der Waals surface area contributed by atoms with Gasteiger partial charge in [0, 0.05) is 19.0 Å². The summed E-state index contributed by atoms with van der Waals surface area (Å²) in [6.45, 7) is 7.08. The summed E-state index contributed by atoms with van der Waals surface area (Å²) in [7, 11) is 0. The Bertz CT molecular complexity index is 400. The molecule has 1 aliphatic heterocycles. The van der Waals surface area contributed by atoms with E-state index in [0.29, 0.717) is 18.3 Å². The van der Waals surface area contributed by atoms with E-state index in [1.165, 1.54) is 12.1 Å². The van der Waals surface area contributed by atoms with E-state index in [0.717, 1.165) is 26.1 Å². The Hall–Kier alpha value is -1.13. The molecule has 4 heteroatoms. The quantitative estimate of drug-likeness (QED) is 0.888. The summed E-state index contributed by atoms with van der Waals surface area (Å²) in [5, 5.41) is 9.97. The SMILES string of the molecule is CC(C)(O)[C@@H]1CCN(CCOc2ccc(F)cc2)C1. The van der Waals surface area contributed by atoms with Crippen LogP contribution in [-0.2, 0) is 0 Å². The van der Waals surface area contributed by atoms with Gasteiger partial charge in [-0.15, -0.1) is 0 Å². The van der Waals surface area contributed by atoms with Crippen molar-refractivity contribution in [2.45, 2.75) is 25.9 Å². The fourth-order valence-electron chi connectivity index (χ4n) is 2.44. The van der Waals surface area contributed by atoms with E-state index in [1.54, 1.807) is 12.1 Å². The Balaban J connectivity index is 1.71. The molecule has 106 valence electrons. The molecule has 1 heterocycles. The van der Waals surface area contributed by atoms with Gasteiger partial charge in [-0.05, 0) is 51.1 Å². The standard InChI is InChI=1S/C15H22FNO2/c1-15(2,18)12-7-8-17(11-12)9-10-19-14-5-3-13(16)4-6-14/h3-6,12,18H,7-11H2,1-2H3/t12-/m1/s1. The van der Waals surface area contributed by atoms with Crippen LogP contribution in [0, 0.1) is 11.7 Å². The minimum atomic E-state index is -0.605. The van der Waals surface area contributed by atoms with E-state index >= 15 is 0 Å². The maximum absolute atomic E-state index is 12.7. The van der Waals surface area contributed by atoms with E-state index < -0.39 is 5.60 Å². The summed E-state index contributed by atoms with van der Waals surface area (Å²) in [4.78, 5) is 2.30. The molecule has 1 atom stereocenters. The second-order valence-corrected chi connectivity index (χ2v) is 5.74. The molecule has 0 radical (unpaired) electrons. The number of aliphatic hydroxyl groups is 1. The van der Waals surface area contributed by atoms with Crippen molar-refractivity contribution in [2.75, 3.05) is 26.2 Å². The van der Waals surface area contributed by atoms with Gasteiger partial charge in [-0.1, -0.05) is 0 Å². The Morgan fingerprint density at radius 1 is 1.37 bits per heavy atom. The normalized spacial score (nSPS) is 20.7. The summed E-state index contributed by atoms with van der Waals surface area (Å²) in [6, 6.07) is 6.07. The molecule has 1 fully saturated rings. The smallest absolute Gasteiger partial charge is 0.123 e. The Kier molecular flexibility index (Phi) is 4.42. The zero-order valence-electron chi connectivity index (χ0n) is 11.6. The highest BCUT2D eigenvalue weighted by Crippen LogP contribution is 2.26. The van der Waals surface area contributed by atoms with Gasteiger partial charge in [0.25, 0.3) is 0 Å². The first-order chi connectivity index (χ1) is 8.95. The monoisotopic (exact) mass is 267 g/mol. The predicted octanol–water partition coefficient (Wildman–Crippen LogP) is 2.30. The van der Waals surface area contributed by atoms with Crippen molar-refractivity contribution >= 4 is 0 Å². The fourth-order valence-corrected chi connectivity index (χ4v) is 2.44. The molecule has 0 aliphatic carbocycles. The zero-order valence-corrected chi connectivity index (χ0v) is 11.6. The van der Waals surface area contributed by atoms with Crippen molar-refractivity contribution < 1.29 is 14.2 Å². The highest BCUT2D eigenvalue weighted by molar-refractivity contribution is 5.21. The van der Waals surface area contributed by atoms with Crippen molar-refractivity contribution in [3.63, 3.8) is 0 Å². The summed E-state index contributed by atoms with van der Waals surface area (Å²) < 4.78 is 18.3. The molecule has 0 saturated carbocycles. The number of ether oxygens (including phenoxy) is 1. The van der Waals surface area contributed by atoms with Crippen molar-refractivity contribution in [1.82, 2.24) is 4.90 Å². The van der Waals surface area contributed by atoms with Gasteiger partial charge >= 0.3 is 0 Å². The van der Waals surface area contributed by atoms with Crippen LogP contribution in [0.3, 0.4) is 0 Å². The number of likely N-dealkylation sites (tertiary alicyclic amines) is 1. The lowest BCUT2D eigenvalue weighted by Crippen LogP contribution is -2.34. The molecule has 0 spiro atoms. The van der Waals surface area contributed by atoms with Gasteiger partial charge in [0.2, 0.25) is 0 Å². The van der Waals surface area contributed by atoms with E-state index in [9.17, 15) is 9.50 Å². The van der Waals surface area contributed by atoms with E-state index in [2.05, 4.69) is 4.90 Å². The highest BCUT2D eigenvalue weighted by Gasteiger charge is 2.33. The van der Waals surface area contributed by atoms with Crippen molar-refractivity contribution in [3.05, 3.63) is 30.1 Å². The van der Waals surface area contributed by atoms with Crippen molar-refractivity contribution in [3.8, 4) is 5.75 Å². The van der Waals surface area contributed by atoms with Crippen LogP contribution in [0.1, 0.15) is 20.3 Å². The number of rotatable bonds is 5. The lowest BCUT2D eigenvalue weighted by atomic mass is 9.90. The third kappa shape index (κ3) is 4.18. The Morgan fingerprint density at radius 3 is 2.63 bits per heavy atom. The van der Waals surface area contributed by atoms with E-state index in [1.807, 2.05) is 13.8 Å². The predicted molar refractivity (Wildman–Crippen MR) is 72.7 cm³/mol. The van der Waals surface area contributed by atoms with Gasteiger partial charge in [-0.3, -0.25) is 4.90 Å². The molecule has 1 aromatic carbocycles. The van der Waals surface area contributed by atoms with Crippen LogP contribution < -0.4 is 4.74 Å². The minimum absolute atomic E-state index is 0.250. The number of hydrogen-bond acceptors (Lipinski definition) is 3. The molecule has 0 unspecified atom stereocenters. The average molecular weight is 267 g/mol. The van der Waals surface area contributed by atoms with Gasteiger partial charge in [-0.2, -0.15) is 0 Å². The van der Waals surface area contributed by atoms with Crippen LogP contribution in [0.15, 0.2) is 24.3 Å². The number of benzene rings is 1. The third-order valence-corrected chi connectivity index (χ3v) is 3.76. The Morgan fingerprint density at radius 2 is 2.05 bits per heavy atom. The molecule has 3 nitrogen and oxygen atoms in total. The molecule has 0 amide bonds. The molecule has 0 bridgehead atoms. The lowest BCUT2D eigenvalue weighted by Gasteiger charge is -2.25. The summed E-state index contributed by atoms with van der Waals surface area (Å²) in [6.07, 6.45) is 1.03. The van der Waals surface area contributed by atoms with Crippen LogP contribution in [0.5, 0.6) is 5.75 Å². The molecular weight excluding hydrogens is 245 g/mol. The zero-order chi connectivity index (χ0) is 13.9. The largest absolute Gasteiger partial charge is 0.492 e. The molecule has 0 aromatic heterocycles. The first-order valence-corrected chi connectivity index (χ1v) is 6.78. The second kappa shape index (κ2) is 5.88. The summed E-state index contributed by atoms with van der Waals surface area (Å²) in [5.74, 6) is 0.776. The Labute approximate surface area is 114 Å². The number of halogens is 1. The maximum atomic E-state index is 12.7. The van der Waals surface area contributed by atoms with Crippen molar-refractivity contribution in [2.24, 2.45) is 5.92 Å². The van der Waals surface area contributed by atoms with Gasteiger partial charge < -0.3 is 9.84 Å². The number of nitrogens with zero attached hydrogens (tertiary/aromatic N) is 1. The van der Waals surface area contributed by atoms with Crippen LogP contribution in [0.4, 0.5) is 4.39 Å². The van der Waals surface area contributed by atoms with E-state index in [-0.39, 0.29) is 5.82 Å². The van der Waals surface area contributed by atoms with Gasteiger partial charge in [0.05, 0.1) is 5.60 Å². The first-order valence-electron chi connectivity index (χ1n) is 6.78. The molecule has 19 heavy (non-hydrogen) atoms. The topological polar surface area (TPSA) is 32.7 Å². The van der Waals surface area contributed by atoms with Crippen LogP contribution >= 0.6 is 0 Å². The summed E-state index contributed by atoms with van der Waals surface area (Å²) in [5.41, 5.74) is -0.605. The fraction of sp³-hybridized carbons (Fsp3) is 0.600. The van der Waals surface area contributed by atoms with Crippen LogP contribution in [0.2, 0.25) is 0 Å². The molecule has 2 rings (SSSR count). The molecule has 1 aromatic rings. The van der Waals surface area contributed by atoms with Gasteiger partial charge in [0.1, 0.15) is 18.2 Å². The van der Waals surface area contributed by atoms with Crippen LogP contribution in [0.25, 0.3) is 0 Å². The van der Waals surface area contributed by atoms with Crippen LogP contribution in [-0.4, -0.2) is 41.8 Å². The van der Waals surface area contributed by atoms with E-state index in [4.69, 9.17) is 4.74 Å². The lowest BCUT2D eigenvalue weighted by molar-refractivity contribution is 0.0206. The maximum Gasteiger partial charge on any atom is 0.123 e. The molecule has 1 N–H and O–H groups in total.